The normalized spacial score (nSPS) is 20.9. The third kappa shape index (κ3) is 4.88. The molecule has 1 aromatic heterocycles. The van der Waals surface area contributed by atoms with Crippen LogP contribution in [0.4, 0.5) is 0 Å². The number of aromatic nitrogens is 1. The molecule has 1 saturated heterocycles. The molecule has 4 nitrogen and oxygen atoms in total. The molecular weight excluding hydrogens is 317 g/mol. The maximum absolute atomic E-state index is 11.8. The van der Waals surface area contributed by atoms with Crippen LogP contribution in [0.3, 0.4) is 0 Å². The SMILES string of the molecule is Cl.Cl.O=C(CC1CCCN1)NCc1nc(C2CC2)cs1. The molecule has 1 amide bonds. The van der Waals surface area contributed by atoms with E-state index in [-0.39, 0.29) is 30.7 Å². The molecular formula is C13H21Cl2N3OS. The molecule has 0 bridgehead atoms. The van der Waals surface area contributed by atoms with Crippen LogP contribution in [0.2, 0.25) is 0 Å². The molecule has 20 heavy (non-hydrogen) atoms. The summed E-state index contributed by atoms with van der Waals surface area (Å²) in [7, 11) is 0. The van der Waals surface area contributed by atoms with Crippen molar-refractivity contribution in [2.75, 3.05) is 6.54 Å². The average molecular weight is 338 g/mol. The van der Waals surface area contributed by atoms with Crippen LogP contribution in [-0.4, -0.2) is 23.5 Å². The fraction of sp³-hybridized carbons (Fsp3) is 0.692. The first-order chi connectivity index (χ1) is 8.81. The highest BCUT2D eigenvalue weighted by Gasteiger charge is 2.26. The second kappa shape index (κ2) is 8.17. The van der Waals surface area contributed by atoms with E-state index in [4.69, 9.17) is 0 Å². The van der Waals surface area contributed by atoms with Gasteiger partial charge in [0, 0.05) is 23.8 Å². The number of carbonyl (C=O) groups is 1. The smallest absolute Gasteiger partial charge is 0.221 e. The van der Waals surface area contributed by atoms with E-state index in [2.05, 4.69) is 21.0 Å². The zero-order chi connectivity index (χ0) is 12.4. The van der Waals surface area contributed by atoms with Crippen LogP contribution in [0.1, 0.15) is 48.7 Å². The Hall–Kier alpha value is -0.360. The predicted molar refractivity (Wildman–Crippen MR) is 86.1 cm³/mol. The van der Waals surface area contributed by atoms with Gasteiger partial charge < -0.3 is 10.6 Å². The predicted octanol–water partition coefficient (Wildman–Crippen LogP) is 2.62. The minimum Gasteiger partial charge on any atom is -0.350 e. The molecule has 0 spiro atoms. The van der Waals surface area contributed by atoms with Gasteiger partial charge >= 0.3 is 0 Å². The lowest BCUT2D eigenvalue weighted by Gasteiger charge is -2.09. The van der Waals surface area contributed by atoms with Gasteiger partial charge in [0.1, 0.15) is 5.01 Å². The minimum atomic E-state index is 0. The second-order valence-electron chi connectivity index (χ2n) is 5.21. The van der Waals surface area contributed by atoms with E-state index in [1.807, 2.05) is 0 Å². The van der Waals surface area contributed by atoms with Gasteiger partial charge in [-0.05, 0) is 32.2 Å². The van der Waals surface area contributed by atoms with Gasteiger partial charge in [-0.2, -0.15) is 0 Å². The zero-order valence-electron chi connectivity index (χ0n) is 11.3. The highest BCUT2D eigenvalue weighted by Crippen LogP contribution is 2.40. The van der Waals surface area contributed by atoms with E-state index in [9.17, 15) is 4.79 Å². The quantitative estimate of drug-likeness (QED) is 0.868. The molecule has 2 N–H and O–H groups in total. The van der Waals surface area contributed by atoms with Crippen molar-refractivity contribution in [3.8, 4) is 0 Å². The van der Waals surface area contributed by atoms with E-state index in [0.717, 1.165) is 18.0 Å². The van der Waals surface area contributed by atoms with Crippen LogP contribution in [0.5, 0.6) is 0 Å². The Morgan fingerprint density at radius 1 is 1.40 bits per heavy atom. The van der Waals surface area contributed by atoms with E-state index < -0.39 is 0 Å². The number of amides is 1. The molecule has 1 unspecified atom stereocenters. The Balaban J connectivity index is 0.000001000. The molecule has 114 valence electrons. The number of hydrogen-bond donors (Lipinski definition) is 2. The van der Waals surface area contributed by atoms with Crippen LogP contribution in [0.25, 0.3) is 0 Å². The maximum Gasteiger partial charge on any atom is 0.221 e. The molecule has 0 radical (unpaired) electrons. The molecule has 1 aliphatic carbocycles. The topological polar surface area (TPSA) is 54.0 Å². The van der Waals surface area contributed by atoms with Gasteiger partial charge in [0.25, 0.3) is 0 Å². The van der Waals surface area contributed by atoms with Crippen molar-refractivity contribution in [2.24, 2.45) is 0 Å². The fourth-order valence-corrected chi connectivity index (χ4v) is 3.19. The van der Waals surface area contributed by atoms with Crippen molar-refractivity contribution < 1.29 is 4.79 Å². The Morgan fingerprint density at radius 2 is 2.20 bits per heavy atom. The summed E-state index contributed by atoms with van der Waals surface area (Å²) in [4.78, 5) is 16.3. The Morgan fingerprint density at radius 3 is 2.85 bits per heavy atom. The molecule has 1 atom stereocenters. The van der Waals surface area contributed by atoms with Crippen LogP contribution in [0.15, 0.2) is 5.38 Å². The average Bonchev–Trinajstić information content (AvgIpc) is 2.90. The molecule has 3 rings (SSSR count). The number of halogens is 2. The monoisotopic (exact) mass is 337 g/mol. The first-order valence-electron chi connectivity index (χ1n) is 6.75. The second-order valence-corrected chi connectivity index (χ2v) is 6.16. The zero-order valence-corrected chi connectivity index (χ0v) is 13.7. The van der Waals surface area contributed by atoms with Crippen LogP contribution < -0.4 is 10.6 Å². The largest absolute Gasteiger partial charge is 0.350 e. The lowest BCUT2D eigenvalue weighted by Crippen LogP contribution is -2.31. The number of thiazole rings is 1. The molecule has 1 aromatic rings. The summed E-state index contributed by atoms with van der Waals surface area (Å²) < 4.78 is 0. The summed E-state index contributed by atoms with van der Waals surface area (Å²) in [6.07, 6.45) is 5.47. The first-order valence-corrected chi connectivity index (χ1v) is 7.63. The van der Waals surface area contributed by atoms with Gasteiger partial charge in [-0.25, -0.2) is 4.98 Å². The van der Waals surface area contributed by atoms with Gasteiger partial charge in [0.05, 0.1) is 12.2 Å². The van der Waals surface area contributed by atoms with Crippen LogP contribution >= 0.6 is 36.2 Å². The molecule has 7 heteroatoms. The highest BCUT2D eigenvalue weighted by molar-refractivity contribution is 7.09. The highest BCUT2D eigenvalue weighted by atomic mass is 35.5. The summed E-state index contributed by atoms with van der Waals surface area (Å²) >= 11 is 1.66. The van der Waals surface area contributed by atoms with Crippen LogP contribution in [-0.2, 0) is 11.3 Å². The van der Waals surface area contributed by atoms with E-state index in [1.54, 1.807) is 11.3 Å². The number of hydrogen-bond acceptors (Lipinski definition) is 4. The lowest BCUT2D eigenvalue weighted by atomic mass is 10.1. The summed E-state index contributed by atoms with van der Waals surface area (Å²) in [5, 5.41) is 9.48. The van der Waals surface area contributed by atoms with E-state index >= 15 is 0 Å². The number of rotatable bonds is 5. The van der Waals surface area contributed by atoms with Gasteiger partial charge in [0.2, 0.25) is 5.91 Å². The van der Waals surface area contributed by atoms with Gasteiger partial charge in [-0.3, -0.25) is 4.79 Å². The molecule has 0 aromatic carbocycles. The Bertz CT molecular complexity index is 431. The van der Waals surface area contributed by atoms with Crippen molar-refractivity contribution in [1.82, 2.24) is 15.6 Å². The maximum atomic E-state index is 11.8. The standard InChI is InChI=1S/C13H19N3OS.2ClH/c17-12(6-10-2-1-5-14-10)15-7-13-16-11(8-18-13)9-3-4-9;;/h8-10,14H,1-7H2,(H,15,17);2*1H. The summed E-state index contributed by atoms with van der Waals surface area (Å²) in [5.74, 6) is 0.839. The van der Waals surface area contributed by atoms with E-state index in [0.29, 0.717) is 24.9 Å². The lowest BCUT2D eigenvalue weighted by molar-refractivity contribution is -0.121. The molecule has 2 aliphatic rings. The van der Waals surface area contributed by atoms with Crippen molar-refractivity contribution in [3.63, 3.8) is 0 Å². The first kappa shape index (κ1) is 17.7. The number of nitrogens with zero attached hydrogens (tertiary/aromatic N) is 1. The third-order valence-electron chi connectivity index (χ3n) is 3.60. The van der Waals surface area contributed by atoms with Gasteiger partial charge in [-0.1, -0.05) is 0 Å². The minimum absolute atomic E-state index is 0. The number of nitrogens with one attached hydrogen (secondary N) is 2. The van der Waals surface area contributed by atoms with Crippen molar-refractivity contribution in [3.05, 3.63) is 16.1 Å². The van der Waals surface area contributed by atoms with Gasteiger partial charge in [0.15, 0.2) is 0 Å². The molecule has 2 heterocycles. The Kier molecular flexibility index (Phi) is 7.23. The third-order valence-corrected chi connectivity index (χ3v) is 4.46. The van der Waals surface area contributed by atoms with Crippen molar-refractivity contribution >= 4 is 42.1 Å². The van der Waals surface area contributed by atoms with Crippen molar-refractivity contribution in [2.45, 2.75) is 50.6 Å². The molecule has 1 aliphatic heterocycles. The summed E-state index contributed by atoms with van der Waals surface area (Å²) in [5.41, 5.74) is 1.22. The Labute approximate surface area is 135 Å². The summed E-state index contributed by atoms with van der Waals surface area (Å²) in [6.45, 7) is 1.64. The summed E-state index contributed by atoms with van der Waals surface area (Å²) in [6, 6.07) is 0.378. The van der Waals surface area contributed by atoms with Crippen LogP contribution in [0, 0.1) is 0 Å². The van der Waals surface area contributed by atoms with Gasteiger partial charge in [-0.15, -0.1) is 36.2 Å². The molecule has 1 saturated carbocycles. The number of carbonyl (C=O) groups excluding carboxylic acids is 1. The fourth-order valence-electron chi connectivity index (χ4n) is 2.37. The van der Waals surface area contributed by atoms with E-state index in [1.165, 1.54) is 25.0 Å². The van der Waals surface area contributed by atoms with Crippen molar-refractivity contribution in [1.29, 1.82) is 0 Å². The molecule has 2 fully saturated rings.